The number of hydrogen-bond acceptors (Lipinski definition) is 4. The number of benzene rings is 1. The van der Waals surface area contributed by atoms with Crippen molar-refractivity contribution in [2.45, 2.75) is 13.5 Å². The molecule has 1 aromatic heterocycles. The maximum absolute atomic E-state index is 12.1. The normalized spacial score (nSPS) is 10.0. The van der Waals surface area contributed by atoms with Gasteiger partial charge < -0.3 is 15.7 Å². The third-order valence-corrected chi connectivity index (χ3v) is 2.69. The second-order valence-corrected chi connectivity index (χ2v) is 4.43. The molecule has 21 heavy (non-hydrogen) atoms. The van der Waals surface area contributed by atoms with Crippen LogP contribution in [0.3, 0.4) is 0 Å². The van der Waals surface area contributed by atoms with E-state index >= 15 is 0 Å². The molecule has 0 aliphatic rings. The van der Waals surface area contributed by atoms with Gasteiger partial charge >= 0.3 is 0 Å². The van der Waals surface area contributed by atoms with Gasteiger partial charge in [0.2, 0.25) is 5.91 Å². The maximum Gasteiger partial charge on any atom is 0.256 e. The van der Waals surface area contributed by atoms with Crippen LogP contribution in [0.1, 0.15) is 22.8 Å². The number of aliphatic hydroxyl groups is 1. The van der Waals surface area contributed by atoms with Crippen molar-refractivity contribution < 1.29 is 14.7 Å². The first-order chi connectivity index (χ1) is 10.1. The van der Waals surface area contributed by atoms with Crippen LogP contribution in [0.5, 0.6) is 0 Å². The fourth-order valence-corrected chi connectivity index (χ4v) is 1.72. The highest BCUT2D eigenvalue weighted by atomic mass is 16.3. The number of hydrogen-bond donors (Lipinski definition) is 3. The number of carbonyl (C=O) groups is 2. The van der Waals surface area contributed by atoms with Gasteiger partial charge in [-0.1, -0.05) is 12.1 Å². The van der Waals surface area contributed by atoms with Crippen LogP contribution in [0.15, 0.2) is 42.6 Å². The Morgan fingerprint density at radius 2 is 2.00 bits per heavy atom. The smallest absolute Gasteiger partial charge is 0.256 e. The molecule has 6 heteroatoms. The predicted octanol–water partition coefficient (Wildman–Crippen LogP) is 1.78. The van der Waals surface area contributed by atoms with Crippen molar-refractivity contribution >= 4 is 23.3 Å². The number of rotatable bonds is 4. The lowest BCUT2D eigenvalue weighted by Crippen LogP contribution is -2.14. The molecule has 0 unspecified atom stereocenters. The zero-order chi connectivity index (χ0) is 15.2. The van der Waals surface area contributed by atoms with Crippen molar-refractivity contribution in [1.82, 2.24) is 4.98 Å². The maximum atomic E-state index is 12.1. The fourth-order valence-electron chi connectivity index (χ4n) is 1.72. The lowest BCUT2D eigenvalue weighted by Gasteiger charge is -2.07. The summed E-state index contributed by atoms with van der Waals surface area (Å²) in [6.45, 7) is 1.30. The predicted molar refractivity (Wildman–Crippen MR) is 78.9 cm³/mol. The Bertz CT molecular complexity index is 653. The molecule has 0 spiro atoms. The molecule has 0 radical (unpaired) electrons. The molecule has 0 atom stereocenters. The minimum absolute atomic E-state index is 0.0972. The molecule has 2 aromatic rings. The van der Waals surface area contributed by atoms with Gasteiger partial charge in [0.1, 0.15) is 5.82 Å². The van der Waals surface area contributed by atoms with E-state index in [9.17, 15) is 9.59 Å². The third kappa shape index (κ3) is 4.12. The average Bonchev–Trinajstić information content (AvgIpc) is 2.47. The summed E-state index contributed by atoms with van der Waals surface area (Å²) < 4.78 is 0. The highest BCUT2D eigenvalue weighted by molar-refractivity contribution is 6.04. The number of nitrogens with one attached hydrogen (secondary N) is 2. The Balaban J connectivity index is 2.10. The van der Waals surface area contributed by atoms with E-state index in [1.807, 2.05) is 0 Å². The Hall–Kier alpha value is -2.73. The monoisotopic (exact) mass is 285 g/mol. The topological polar surface area (TPSA) is 91.3 Å². The van der Waals surface area contributed by atoms with Crippen LogP contribution in [0.2, 0.25) is 0 Å². The molecule has 0 fully saturated rings. The van der Waals surface area contributed by atoms with Crippen molar-refractivity contribution in [2.24, 2.45) is 0 Å². The summed E-state index contributed by atoms with van der Waals surface area (Å²) in [7, 11) is 0. The van der Waals surface area contributed by atoms with Gasteiger partial charge in [-0.25, -0.2) is 4.98 Å². The molecule has 2 rings (SSSR count). The van der Waals surface area contributed by atoms with E-state index in [4.69, 9.17) is 5.11 Å². The quantitative estimate of drug-likeness (QED) is 0.798. The van der Waals surface area contributed by atoms with Gasteiger partial charge in [-0.2, -0.15) is 0 Å². The van der Waals surface area contributed by atoms with Gasteiger partial charge in [0.05, 0.1) is 6.61 Å². The molecule has 2 amide bonds. The molecule has 0 saturated carbocycles. The molecule has 0 saturated heterocycles. The van der Waals surface area contributed by atoms with Gasteiger partial charge in [-0.3, -0.25) is 9.59 Å². The van der Waals surface area contributed by atoms with E-state index in [0.29, 0.717) is 22.6 Å². The number of amides is 2. The van der Waals surface area contributed by atoms with Crippen molar-refractivity contribution in [3.05, 3.63) is 53.7 Å². The van der Waals surface area contributed by atoms with Crippen LogP contribution < -0.4 is 10.6 Å². The Morgan fingerprint density at radius 1 is 1.19 bits per heavy atom. The number of anilines is 2. The van der Waals surface area contributed by atoms with E-state index in [1.165, 1.54) is 13.1 Å². The fraction of sp³-hybridized carbons (Fsp3) is 0.133. The lowest BCUT2D eigenvalue weighted by molar-refractivity contribution is -0.114. The third-order valence-electron chi connectivity index (χ3n) is 2.69. The van der Waals surface area contributed by atoms with E-state index in [-0.39, 0.29) is 18.4 Å². The van der Waals surface area contributed by atoms with Crippen LogP contribution in [-0.4, -0.2) is 21.9 Å². The van der Waals surface area contributed by atoms with Gasteiger partial charge in [0.25, 0.3) is 5.91 Å². The SMILES string of the molecule is CC(=O)Nc1cccc(C(=O)Nc2ccc(CO)cn2)c1. The first-order valence-corrected chi connectivity index (χ1v) is 6.33. The molecule has 108 valence electrons. The number of nitrogens with zero attached hydrogens (tertiary/aromatic N) is 1. The van der Waals surface area contributed by atoms with Gasteiger partial charge in [0, 0.05) is 24.4 Å². The molecule has 6 nitrogen and oxygen atoms in total. The van der Waals surface area contributed by atoms with Crippen LogP contribution in [0.4, 0.5) is 11.5 Å². The van der Waals surface area contributed by atoms with Crippen LogP contribution in [0, 0.1) is 0 Å². The first-order valence-electron chi connectivity index (χ1n) is 6.33. The van der Waals surface area contributed by atoms with Gasteiger partial charge in [-0.05, 0) is 29.8 Å². The summed E-state index contributed by atoms with van der Waals surface area (Å²) in [5, 5.41) is 14.2. The standard InChI is InChI=1S/C15H15N3O3/c1-10(20)17-13-4-2-3-12(7-13)15(21)18-14-6-5-11(9-19)8-16-14/h2-8,19H,9H2,1H3,(H,17,20)(H,16,18,21). The molecular formula is C15H15N3O3. The summed E-state index contributed by atoms with van der Waals surface area (Å²) >= 11 is 0. The minimum atomic E-state index is -0.327. The summed E-state index contributed by atoms with van der Waals surface area (Å²) in [6, 6.07) is 9.90. The van der Waals surface area contributed by atoms with E-state index in [1.54, 1.807) is 36.4 Å². The first kappa shape index (κ1) is 14.7. The lowest BCUT2D eigenvalue weighted by atomic mass is 10.2. The number of aliphatic hydroxyl groups excluding tert-OH is 1. The zero-order valence-electron chi connectivity index (χ0n) is 11.5. The second kappa shape index (κ2) is 6.62. The summed E-state index contributed by atoms with van der Waals surface area (Å²) in [5.74, 6) is -0.137. The Kier molecular flexibility index (Phi) is 4.63. The highest BCUT2D eigenvalue weighted by Gasteiger charge is 2.08. The van der Waals surface area contributed by atoms with Crippen molar-refractivity contribution in [2.75, 3.05) is 10.6 Å². The number of pyridine rings is 1. The molecule has 0 bridgehead atoms. The van der Waals surface area contributed by atoms with E-state index in [0.717, 1.165) is 0 Å². The van der Waals surface area contributed by atoms with Crippen LogP contribution >= 0.6 is 0 Å². The van der Waals surface area contributed by atoms with E-state index < -0.39 is 0 Å². The number of aromatic nitrogens is 1. The van der Waals surface area contributed by atoms with Crippen LogP contribution in [-0.2, 0) is 11.4 Å². The summed E-state index contributed by atoms with van der Waals surface area (Å²) in [5.41, 5.74) is 1.63. The van der Waals surface area contributed by atoms with Gasteiger partial charge in [0.15, 0.2) is 0 Å². The molecule has 1 aromatic carbocycles. The van der Waals surface area contributed by atoms with Crippen molar-refractivity contribution in [3.8, 4) is 0 Å². The Labute approximate surface area is 121 Å². The molecular weight excluding hydrogens is 270 g/mol. The minimum Gasteiger partial charge on any atom is -0.392 e. The Morgan fingerprint density at radius 3 is 2.62 bits per heavy atom. The van der Waals surface area contributed by atoms with Gasteiger partial charge in [-0.15, -0.1) is 0 Å². The molecule has 3 N–H and O–H groups in total. The average molecular weight is 285 g/mol. The summed E-state index contributed by atoms with van der Waals surface area (Å²) in [4.78, 5) is 27.1. The second-order valence-electron chi connectivity index (χ2n) is 4.43. The zero-order valence-corrected chi connectivity index (χ0v) is 11.5. The molecule has 0 aliphatic heterocycles. The molecule has 1 heterocycles. The number of carbonyl (C=O) groups excluding carboxylic acids is 2. The van der Waals surface area contributed by atoms with Crippen LogP contribution in [0.25, 0.3) is 0 Å². The molecule has 0 aliphatic carbocycles. The van der Waals surface area contributed by atoms with Crippen molar-refractivity contribution in [3.63, 3.8) is 0 Å². The summed E-state index contributed by atoms with van der Waals surface area (Å²) in [6.07, 6.45) is 1.49. The largest absolute Gasteiger partial charge is 0.392 e. The van der Waals surface area contributed by atoms with E-state index in [2.05, 4.69) is 15.6 Å². The van der Waals surface area contributed by atoms with Crippen molar-refractivity contribution in [1.29, 1.82) is 0 Å². The highest BCUT2D eigenvalue weighted by Crippen LogP contribution is 2.13.